The molecule has 0 spiro atoms. The van der Waals surface area contributed by atoms with E-state index < -0.39 is 0 Å². The molecule has 1 atom stereocenters. The number of nitrogens with one attached hydrogen (secondary N) is 1. The lowest BCUT2D eigenvalue weighted by Gasteiger charge is -2.17. The molecule has 24 heavy (non-hydrogen) atoms. The van der Waals surface area contributed by atoms with Crippen molar-refractivity contribution < 1.29 is 14.3 Å². The predicted molar refractivity (Wildman–Crippen MR) is 95.2 cm³/mol. The van der Waals surface area contributed by atoms with Gasteiger partial charge in [-0.25, -0.2) is 0 Å². The van der Waals surface area contributed by atoms with Crippen molar-refractivity contribution in [2.24, 2.45) is 5.92 Å². The standard InChI is InChI=1S/C20H25NO3/c1-15(2)16(3)21-20(22)14-24-19-11-9-18(10-12-19)23-13-17-7-5-4-6-8-17/h4-12,15-16H,13-14H2,1-3H3,(H,21,22)/t16-/m0/s1. The highest BCUT2D eigenvalue weighted by molar-refractivity contribution is 5.77. The van der Waals surface area contributed by atoms with Gasteiger partial charge in [0.15, 0.2) is 6.61 Å². The smallest absolute Gasteiger partial charge is 0.258 e. The van der Waals surface area contributed by atoms with Crippen LogP contribution in [0.2, 0.25) is 0 Å². The number of carbonyl (C=O) groups excluding carboxylic acids is 1. The maximum absolute atomic E-state index is 11.8. The van der Waals surface area contributed by atoms with E-state index in [1.54, 1.807) is 12.1 Å². The minimum atomic E-state index is -0.111. The summed E-state index contributed by atoms with van der Waals surface area (Å²) >= 11 is 0. The Morgan fingerprint density at radius 1 is 0.917 bits per heavy atom. The monoisotopic (exact) mass is 327 g/mol. The molecule has 4 heteroatoms. The lowest BCUT2D eigenvalue weighted by molar-refractivity contribution is -0.124. The molecule has 2 aromatic rings. The van der Waals surface area contributed by atoms with Gasteiger partial charge in [-0.3, -0.25) is 4.79 Å². The van der Waals surface area contributed by atoms with E-state index in [9.17, 15) is 4.79 Å². The van der Waals surface area contributed by atoms with E-state index in [4.69, 9.17) is 9.47 Å². The molecule has 4 nitrogen and oxygen atoms in total. The third-order valence-corrected chi connectivity index (χ3v) is 3.83. The largest absolute Gasteiger partial charge is 0.489 e. The molecule has 1 N–H and O–H groups in total. The van der Waals surface area contributed by atoms with Crippen molar-refractivity contribution in [1.82, 2.24) is 5.32 Å². The van der Waals surface area contributed by atoms with E-state index in [1.807, 2.05) is 49.4 Å². The normalized spacial score (nSPS) is 11.8. The molecule has 0 saturated carbocycles. The van der Waals surface area contributed by atoms with Crippen LogP contribution in [-0.2, 0) is 11.4 Å². The van der Waals surface area contributed by atoms with Crippen molar-refractivity contribution in [3.8, 4) is 11.5 Å². The first-order chi connectivity index (χ1) is 11.5. The fraction of sp³-hybridized carbons (Fsp3) is 0.350. The van der Waals surface area contributed by atoms with Crippen LogP contribution in [0.5, 0.6) is 11.5 Å². The average molecular weight is 327 g/mol. The molecule has 0 fully saturated rings. The van der Waals surface area contributed by atoms with Gasteiger partial charge in [-0.2, -0.15) is 0 Å². The van der Waals surface area contributed by atoms with Crippen LogP contribution in [0.25, 0.3) is 0 Å². The molecule has 2 rings (SSSR count). The van der Waals surface area contributed by atoms with E-state index in [1.165, 1.54) is 0 Å². The van der Waals surface area contributed by atoms with Crippen molar-refractivity contribution in [3.05, 3.63) is 60.2 Å². The second-order valence-electron chi connectivity index (χ2n) is 6.13. The van der Waals surface area contributed by atoms with Gasteiger partial charge in [-0.15, -0.1) is 0 Å². The first-order valence-corrected chi connectivity index (χ1v) is 8.23. The van der Waals surface area contributed by atoms with Gasteiger partial charge in [0.2, 0.25) is 0 Å². The first kappa shape index (κ1) is 17.9. The third kappa shape index (κ3) is 5.95. The zero-order valence-electron chi connectivity index (χ0n) is 14.5. The molecular formula is C20H25NO3. The molecule has 0 aliphatic rings. The molecule has 0 saturated heterocycles. The van der Waals surface area contributed by atoms with E-state index in [0.717, 1.165) is 11.3 Å². The Balaban J connectivity index is 1.76. The molecular weight excluding hydrogens is 302 g/mol. The Morgan fingerprint density at radius 3 is 2.08 bits per heavy atom. The summed E-state index contributed by atoms with van der Waals surface area (Å²) in [7, 11) is 0. The first-order valence-electron chi connectivity index (χ1n) is 8.23. The second-order valence-corrected chi connectivity index (χ2v) is 6.13. The number of hydrogen-bond acceptors (Lipinski definition) is 3. The van der Waals surface area contributed by atoms with E-state index in [0.29, 0.717) is 18.3 Å². The third-order valence-electron chi connectivity index (χ3n) is 3.83. The van der Waals surface area contributed by atoms with Gasteiger partial charge in [0, 0.05) is 6.04 Å². The highest BCUT2D eigenvalue weighted by Crippen LogP contribution is 2.18. The van der Waals surface area contributed by atoms with Crippen molar-refractivity contribution in [1.29, 1.82) is 0 Å². The highest BCUT2D eigenvalue weighted by atomic mass is 16.5. The summed E-state index contributed by atoms with van der Waals surface area (Å²) in [4.78, 5) is 11.8. The van der Waals surface area contributed by atoms with Gasteiger partial charge in [0.25, 0.3) is 5.91 Å². The number of hydrogen-bond donors (Lipinski definition) is 1. The van der Waals surface area contributed by atoms with Gasteiger partial charge in [0.05, 0.1) is 0 Å². The molecule has 128 valence electrons. The van der Waals surface area contributed by atoms with E-state index in [2.05, 4.69) is 19.2 Å². The molecule has 0 aliphatic heterocycles. The maximum Gasteiger partial charge on any atom is 0.258 e. The summed E-state index contributed by atoms with van der Waals surface area (Å²) in [6, 6.07) is 17.4. The molecule has 0 bridgehead atoms. The van der Waals surface area contributed by atoms with Gasteiger partial charge in [0.1, 0.15) is 18.1 Å². The van der Waals surface area contributed by atoms with Crippen LogP contribution >= 0.6 is 0 Å². The van der Waals surface area contributed by atoms with Gasteiger partial charge < -0.3 is 14.8 Å². The number of amides is 1. The lowest BCUT2D eigenvalue weighted by atomic mass is 10.1. The minimum absolute atomic E-state index is 0.0152. The van der Waals surface area contributed by atoms with Crippen LogP contribution < -0.4 is 14.8 Å². The SMILES string of the molecule is CC(C)[C@H](C)NC(=O)COc1ccc(OCc2ccccc2)cc1. The Bertz CT molecular complexity index is 623. The summed E-state index contributed by atoms with van der Waals surface area (Å²) < 4.78 is 11.2. The molecule has 1 amide bonds. The summed E-state index contributed by atoms with van der Waals surface area (Å²) in [6.07, 6.45) is 0. The van der Waals surface area contributed by atoms with Crippen molar-refractivity contribution >= 4 is 5.91 Å². The Hall–Kier alpha value is -2.49. The van der Waals surface area contributed by atoms with E-state index in [-0.39, 0.29) is 18.6 Å². The van der Waals surface area contributed by atoms with Crippen molar-refractivity contribution in [2.45, 2.75) is 33.4 Å². The van der Waals surface area contributed by atoms with Gasteiger partial charge >= 0.3 is 0 Å². The molecule has 0 aromatic heterocycles. The van der Waals surface area contributed by atoms with Crippen LogP contribution in [0, 0.1) is 5.92 Å². The molecule has 0 radical (unpaired) electrons. The number of rotatable bonds is 8. The van der Waals surface area contributed by atoms with Gasteiger partial charge in [-0.05, 0) is 42.7 Å². The summed E-state index contributed by atoms with van der Waals surface area (Å²) in [6.45, 7) is 6.67. The molecule has 2 aromatic carbocycles. The highest BCUT2D eigenvalue weighted by Gasteiger charge is 2.11. The number of ether oxygens (including phenoxy) is 2. The predicted octanol–water partition coefficient (Wildman–Crippen LogP) is 3.81. The fourth-order valence-electron chi connectivity index (χ4n) is 1.98. The zero-order chi connectivity index (χ0) is 17.4. The van der Waals surface area contributed by atoms with Crippen LogP contribution in [0.3, 0.4) is 0 Å². The van der Waals surface area contributed by atoms with Crippen LogP contribution in [-0.4, -0.2) is 18.6 Å². The number of carbonyl (C=O) groups is 1. The summed E-state index contributed by atoms with van der Waals surface area (Å²) in [5.74, 6) is 1.70. The minimum Gasteiger partial charge on any atom is -0.489 e. The topological polar surface area (TPSA) is 47.6 Å². The maximum atomic E-state index is 11.8. The van der Waals surface area contributed by atoms with Crippen molar-refractivity contribution in [2.75, 3.05) is 6.61 Å². The number of benzene rings is 2. The molecule has 0 unspecified atom stereocenters. The lowest BCUT2D eigenvalue weighted by Crippen LogP contribution is -2.38. The summed E-state index contributed by atoms with van der Waals surface area (Å²) in [5, 5.41) is 2.91. The fourth-order valence-corrected chi connectivity index (χ4v) is 1.98. The Morgan fingerprint density at radius 2 is 1.50 bits per heavy atom. The van der Waals surface area contributed by atoms with Crippen LogP contribution in [0.15, 0.2) is 54.6 Å². The van der Waals surface area contributed by atoms with E-state index >= 15 is 0 Å². The molecule has 0 heterocycles. The zero-order valence-corrected chi connectivity index (χ0v) is 14.5. The average Bonchev–Trinajstić information content (AvgIpc) is 2.60. The Labute approximate surface area is 143 Å². The summed E-state index contributed by atoms with van der Waals surface area (Å²) in [5.41, 5.74) is 1.12. The Kier molecular flexibility index (Phi) is 6.67. The van der Waals surface area contributed by atoms with Crippen molar-refractivity contribution in [3.63, 3.8) is 0 Å². The molecule has 0 aliphatic carbocycles. The second kappa shape index (κ2) is 8.96. The quantitative estimate of drug-likeness (QED) is 0.802. The van der Waals surface area contributed by atoms with Crippen LogP contribution in [0.4, 0.5) is 0 Å². The van der Waals surface area contributed by atoms with Gasteiger partial charge in [-0.1, -0.05) is 44.2 Å². The van der Waals surface area contributed by atoms with Crippen LogP contribution in [0.1, 0.15) is 26.3 Å².